The Bertz CT molecular complexity index is 986. The van der Waals surface area contributed by atoms with Crippen molar-refractivity contribution in [1.82, 2.24) is 25.3 Å². The first-order valence-electron chi connectivity index (χ1n) is 14.0. The Labute approximate surface area is 217 Å². The first kappa shape index (κ1) is 25.3. The predicted octanol–water partition coefficient (Wildman–Crippen LogP) is 2.94. The number of piperidine rings is 1. The molecule has 3 heterocycles. The van der Waals surface area contributed by atoms with Gasteiger partial charge in [0.1, 0.15) is 12.0 Å². The van der Waals surface area contributed by atoms with Crippen molar-refractivity contribution in [3.05, 3.63) is 46.7 Å². The van der Waals surface area contributed by atoms with E-state index in [4.69, 9.17) is 4.99 Å². The molecule has 0 spiro atoms. The Balaban J connectivity index is 1.27. The lowest BCUT2D eigenvalue weighted by Crippen LogP contribution is -2.54. The van der Waals surface area contributed by atoms with Gasteiger partial charge in [-0.3, -0.25) is 4.79 Å². The first-order chi connectivity index (χ1) is 17.4. The van der Waals surface area contributed by atoms with Crippen LogP contribution >= 0.6 is 0 Å². The molecule has 1 aromatic rings. The number of carbonyl (C=O) groups excluding carboxylic acids is 1. The van der Waals surface area contributed by atoms with Gasteiger partial charge in [0.2, 0.25) is 5.91 Å². The molecule has 7 nitrogen and oxygen atoms in total. The molecule has 36 heavy (non-hydrogen) atoms. The predicted molar refractivity (Wildman–Crippen MR) is 146 cm³/mol. The van der Waals surface area contributed by atoms with Gasteiger partial charge in [0.25, 0.3) is 0 Å². The normalized spacial score (nSPS) is 26.5. The van der Waals surface area contributed by atoms with Gasteiger partial charge in [-0.25, -0.2) is 4.99 Å². The fourth-order valence-electron chi connectivity index (χ4n) is 6.38. The lowest BCUT2D eigenvalue weighted by atomic mass is 9.94. The van der Waals surface area contributed by atoms with Gasteiger partial charge in [0.15, 0.2) is 0 Å². The van der Waals surface area contributed by atoms with Crippen molar-refractivity contribution in [3.63, 3.8) is 0 Å². The van der Waals surface area contributed by atoms with Gasteiger partial charge < -0.3 is 25.3 Å². The number of hydrogen-bond donors (Lipinski definition) is 2. The molecule has 0 aromatic heterocycles. The lowest BCUT2D eigenvalue weighted by molar-refractivity contribution is -0.134. The Hall–Kier alpha value is -2.38. The second-order valence-corrected chi connectivity index (χ2v) is 11.2. The monoisotopic (exact) mass is 492 g/mol. The van der Waals surface area contributed by atoms with E-state index in [1.165, 1.54) is 29.1 Å². The molecule has 1 unspecified atom stereocenters. The number of carbonyl (C=O) groups is 1. The van der Waals surface area contributed by atoms with Gasteiger partial charge >= 0.3 is 0 Å². The number of amides is 1. The minimum atomic E-state index is -0.108. The third kappa shape index (κ3) is 5.32. The molecule has 2 fully saturated rings. The van der Waals surface area contributed by atoms with Gasteiger partial charge in [-0.1, -0.05) is 36.8 Å². The zero-order valence-corrected chi connectivity index (χ0v) is 22.6. The molecule has 5 rings (SSSR count). The molecule has 2 N–H and O–H groups in total. The number of nitrogens with one attached hydrogen (secondary N) is 2. The largest absolute Gasteiger partial charge is 0.367 e. The Morgan fingerprint density at radius 2 is 1.75 bits per heavy atom. The maximum absolute atomic E-state index is 14.0. The molecule has 2 saturated heterocycles. The van der Waals surface area contributed by atoms with Gasteiger partial charge in [0.05, 0.1) is 5.92 Å². The lowest BCUT2D eigenvalue weighted by Gasteiger charge is -2.41. The summed E-state index contributed by atoms with van der Waals surface area (Å²) in [5.74, 6) is 1.90. The molecule has 1 aromatic carbocycles. The second kappa shape index (κ2) is 10.9. The number of nitrogens with zero attached hydrogens (tertiary/aromatic N) is 4. The number of aliphatic imine (C=N–C) groups is 1. The molecular weight excluding hydrogens is 448 g/mol. The van der Waals surface area contributed by atoms with Gasteiger partial charge in [-0.2, -0.15) is 0 Å². The number of piperazine rings is 1. The van der Waals surface area contributed by atoms with Crippen LogP contribution in [-0.4, -0.2) is 91.5 Å². The topological polar surface area (TPSA) is 63.2 Å². The van der Waals surface area contributed by atoms with Crippen molar-refractivity contribution in [2.24, 2.45) is 10.9 Å². The van der Waals surface area contributed by atoms with Crippen molar-refractivity contribution in [1.29, 1.82) is 0 Å². The average molecular weight is 493 g/mol. The number of allylic oxidation sites excluding steroid dienone is 1. The number of amidine groups is 1. The van der Waals surface area contributed by atoms with Crippen LogP contribution in [0.2, 0.25) is 0 Å². The Morgan fingerprint density at radius 3 is 2.42 bits per heavy atom. The maximum Gasteiger partial charge on any atom is 0.231 e. The van der Waals surface area contributed by atoms with Crippen LogP contribution in [0.25, 0.3) is 0 Å². The van der Waals surface area contributed by atoms with Crippen molar-refractivity contribution in [2.75, 3.05) is 52.9 Å². The summed E-state index contributed by atoms with van der Waals surface area (Å²) in [5.41, 5.74) is 5.19. The molecule has 0 saturated carbocycles. The smallest absolute Gasteiger partial charge is 0.231 e. The standard InChI is InChI=1S/C29H44N6O/c1-20-5-8-23(9-6-20)25(19-33-13-11-24(30-4)12-14-33)29(36)35-17-15-34(16-18-35)28-27-21(2)7-10-26(27)31-22(3)32-28/h5-6,8-9,21-22,24-25,30-31H,7,10-19H2,1-4H3/t21-,22?,25+/m1/s1. The van der Waals surface area contributed by atoms with Crippen molar-refractivity contribution in [2.45, 2.75) is 64.6 Å². The second-order valence-electron chi connectivity index (χ2n) is 11.2. The molecule has 196 valence electrons. The number of likely N-dealkylation sites (tertiary alicyclic amines) is 1. The Morgan fingerprint density at radius 1 is 1.06 bits per heavy atom. The number of rotatable bonds is 5. The first-order valence-corrected chi connectivity index (χ1v) is 14.0. The van der Waals surface area contributed by atoms with Crippen LogP contribution in [0, 0.1) is 12.8 Å². The van der Waals surface area contributed by atoms with Crippen LogP contribution in [0.5, 0.6) is 0 Å². The average Bonchev–Trinajstić information content (AvgIpc) is 3.27. The summed E-state index contributed by atoms with van der Waals surface area (Å²) < 4.78 is 0. The summed E-state index contributed by atoms with van der Waals surface area (Å²) in [6.07, 6.45) is 4.75. The summed E-state index contributed by atoms with van der Waals surface area (Å²) in [6, 6.07) is 9.21. The fraction of sp³-hybridized carbons (Fsp3) is 0.655. The number of hydrogen-bond acceptors (Lipinski definition) is 6. The van der Waals surface area contributed by atoms with Crippen molar-refractivity contribution < 1.29 is 4.79 Å². The minimum absolute atomic E-state index is 0.108. The third-order valence-corrected chi connectivity index (χ3v) is 8.69. The SMILES string of the molecule is CNC1CCN(C[C@H](C(=O)N2CCN(C3=NC(C)NC4=C3[C@H](C)CC4)CC2)c2ccc(C)cc2)CC1. The molecular formula is C29H44N6O. The highest BCUT2D eigenvalue weighted by molar-refractivity contribution is 6.00. The Kier molecular flexibility index (Phi) is 7.68. The van der Waals surface area contributed by atoms with Crippen LogP contribution in [0.3, 0.4) is 0 Å². The van der Waals surface area contributed by atoms with Crippen LogP contribution < -0.4 is 10.6 Å². The van der Waals surface area contributed by atoms with E-state index in [0.717, 1.165) is 70.6 Å². The summed E-state index contributed by atoms with van der Waals surface area (Å²) in [5, 5.41) is 7.00. The summed E-state index contributed by atoms with van der Waals surface area (Å²) in [6.45, 7) is 12.7. The van der Waals surface area contributed by atoms with Crippen LogP contribution in [0.15, 0.2) is 40.5 Å². The maximum atomic E-state index is 14.0. The van der Waals surface area contributed by atoms with E-state index in [0.29, 0.717) is 12.0 Å². The molecule has 0 bridgehead atoms. The van der Waals surface area contributed by atoms with Crippen LogP contribution in [0.4, 0.5) is 0 Å². The summed E-state index contributed by atoms with van der Waals surface area (Å²) >= 11 is 0. The number of aryl methyl sites for hydroxylation is 1. The zero-order valence-electron chi connectivity index (χ0n) is 22.6. The summed E-state index contributed by atoms with van der Waals surface area (Å²) in [4.78, 5) is 26.0. The van der Waals surface area contributed by atoms with Crippen LogP contribution in [-0.2, 0) is 4.79 Å². The molecule has 3 aliphatic heterocycles. The molecule has 4 aliphatic rings. The third-order valence-electron chi connectivity index (χ3n) is 8.69. The highest BCUT2D eigenvalue weighted by atomic mass is 16.2. The van der Waals surface area contributed by atoms with Crippen molar-refractivity contribution in [3.8, 4) is 0 Å². The number of benzene rings is 1. The van der Waals surface area contributed by atoms with E-state index in [9.17, 15) is 4.79 Å². The molecule has 7 heteroatoms. The molecule has 1 amide bonds. The molecule has 3 atom stereocenters. The molecule has 1 aliphatic carbocycles. The zero-order chi connectivity index (χ0) is 25.2. The minimum Gasteiger partial charge on any atom is -0.367 e. The van der Waals surface area contributed by atoms with Gasteiger partial charge in [0, 0.05) is 50.0 Å². The van der Waals surface area contributed by atoms with E-state index in [1.807, 2.05) is 0 Å². The fourth-order valence-corrected chi connectivity index (χ4v) is 6.38. The summed E-state index contributed by atoms with van der Waals surface area (Å²) in [7, 11) is 2.05. The van der Waals surface area contributed by atoms with Gasteiger partial charge in [-0.15, -0.1) is 0 Å². The van der Waals surface area contributed by atoms with Gasteiger partial charge in [-0.05, 0) is 71.1 Å². The van der Waals surface area contributed by atoms with E-state index in [2.05, 4.69) is 77.4 Å². The van der Waals surface area contributed by atoms with Crippen molar-refractivity contribution >= 4 is 11.7 Å². The van der Waals surface area contributed by atoms with E-state index < -0.39 is 0 Å². The quantitative estimate of drug-likeness (QED) is 0.662. The van der Waals surface area contributed by atoms with E-state index in [-0.39, 0.29) is 18.0 Å². The highest BCUT2D eigenvalue weighted by Crippen LogP contribution is 2.35. The van der Waals surface area contributed by atoms with Crippen LogP contribution in [0.1, 0.15) is 56.6 Å². The van der Waals surface area contributed by atoms with E-state index >= 15 is 0 Å². The van der Waals surface area contributed by atoms with E-state index in [1.54, 1.807) is 0 Å². The molecule has 0 radical (unpaired) electrons. The highest BCUT2D eigenvalue weighted by Gasteiger charge is 2.36.